The molecule has 0 N–H and O–H groups in total. The number of aromatic nitrogens is 2. The van der Waals surface area contributed by atoms with Gasteiger partial charge < -0.3 is 14.4 Å². The Bertz CT molecular complexity index is 1900. The van der Waals surface area contributed by atoms with E-state index >= 15 is 0 Å². The third-order valence-corrected chi connectivity index (χ3v) is 10.5. The monoisotopic (exact) mass is 684 g/mol. The minimum atomic E-state index is -0.804. The molecule has 0 bridgehead atoms. The van der Waals surface area contributed by atoms with Crippen LogP contribution in [0.25, 0.3) is 11.0 Å². The normalized spacial score (nSPS) is 17.5. The molecule has 0 spiro atoms. The molecule has 0 aliphatic carbocycles. The number of aryl methyl sites for hydroxylation is 1. The van der Waals surface area contributed by atoms with Gasteiger partial charge in [0.25, 0.3) is 5.91 Å². The Labute approximate surface area is 291 Å². The molecule has 49 heavy (non-hydrogen) atoms. The number of benzene rings is 3. The molecule has 1 unspecified atom stereocenters. The van der Waals surface area contributed by atoms with E-state index in [1.165, 1.54) is 4.90 Å². The van der Waals surface area contributed by atoms with Gasteiger partial charge in [0.1, 0.15) is 17.4 Å². The van der Waals surface area contributed by atoms with E-state index in [0.717, 1.165) is 39.9 Å². The van der Waals surface area contributed by atoms with Gasteiger partial charge in [0, 0.05) is 37.2 Å². The molecule has 4 aromatic rings. The number of likely N-dealkylation sites (tertiary alicyclic amines) is 2. The largest absolute Gasteiger partial charge is 0.497 e. The molecule has 2 fully saturated rings. The SMILES string of the molecule is COc1ccc(CN2C(=O)CCC(n3c(=O)n(C)c4c(SCc5ccccc5)c(C5CCN(C(=O)OC(C)(C)C)CC5)ccc43)C2=O)cc1. The number of rotatable bonds is 8. The number of hydrogen-bond acceptors (Lipinski definition) is 7. The van der Waals surface area contributed by atoms with Crippen molar-refractivity contribution in [2.75, 3.05) is 20.2 Å². The Morgan fingerprint density at radius 3 is 2.24 bits per heavy atom. The van der Waals surface area contributed by atoms with Gasteiger partial charge in [-0.3, -0.25) is 23.6 Å². The van der Waals surface area contributed by atoms with Crippen LogP contribution >= 0.6 is 11.8 Å². The van der Waals surface area contributed by atoms with Gasteiger partial charge >= 0.3 is 11.8 Å². The van der Waals surface area contributed by atoms with Gasteiger partial charge in [0.15, 0.2) is 0 Å². The molecule has 2 saturated heterocycles. The van der Waals surface area contributed by atoms with Crippen LogP contribution in [0, 0.1) is 0 Å². The summed E-state index contributed by atoms with van der Waals surface area (Å²) < 4.78 is 14.1. The lowest BCUT2D eigenvalue weighted by atomic mass is 9.89. The van der Waals surface area contributed by atoms with E-state index in [0.29, 0.717) is 30.1 Å². The standard InChI is InChI=1S/C38H44N4O6S/c1-38(2,3)48-37(46)40-21-19-27(20-22-40)29-15-16-30-33(34(29)49-24-26-9-7-6-8-10-26)39(4)36(45)42(30)31-17-18-32(43)41(35(31)44)23-25-11-13-28(47-5)14-12-25/h6-16,27,31H,17-24H2,1-5H3. The van der Waals surface area contributed by atoms with Crippen LogP contribution < -0.4 is 10.4 Å². The van der Waals surface area contributed by atoms with Crippen molar-refractivity contribution >= 4 is 40.7 Å². The molecule has 1 aromatic heterocycles. The van der Waals surface area contributed by atoms with Crippen LogP contribution in [0.4, 0.5) is 4.79 Å². The maximum absolute atomic E-state index is 14.1. The van der Waals surface area contributed by atoms with Crippen molar-refractivity contribution in [3.05, 3.63) is 93.9 Å². The fraction of sp³-hybridized carbons (Fsp3) is 0.421. The van der Waals surface area contributed by atoms with Crippen LogP contribution in [-0.2, 0) is 33.7 Å². The first-order chi connectivity index (χ1) is 23.4. The number of imide groups is 1. The van der Waals surface area contributed by atoms with Crippen molar-refractivity contribution < 1.29 is 23.9 Å². The number of ether oxygens (including phenoxy) is 2. The van der Waals surface area contributed by atoms with E-state index in [-0.39, 0.29) is 48.9 Å². The van der Waals surface area contributed by atoms with Crippen molar-refractivity contribution in [2.24, 2.45) is 7.05 Å². The summed E-state index contributed by atoms with van der Waals surface area (Å²) in [6.07, 6.45) is 1.66. The molecule has 11 heteroatoms. The maximum Gasteiger partial charge on any atom is 0.410 e. The molecule has 0 radical (unpaired) electrons. The van der Waals surface area contributed by atoms with Crippen LogP contribution in [0.1, 0.15) is 75.1 Å². The fourth-order valence-corrected chi connectivity index (χ4v) is 8.08. The minimum absolute atomic E-state index is 0.127. The number of thioether (sulfide) groups is 1. The molecule has 3 heterocycles. The number of nitrogens with zero attached hydrogens (tertiary/aromatic N) is 4. The first-order valence-corrected chi connectivity index (χ1v) is 17.8. The van der Waals surface area contributed by atoms with Gasteiger partial charge in [-0.2, -0.15) is 0 Å². The van der Waals surface area contributed by atoms with Crippen LogP contribution in [0.15, 0.2) is 76.4 Å². The first-order valence-electron chi connectivity index (χ1n) is 16.8. The zero-order valence-electron chi connectivity index (χ0n) is 28.8. The van der Waals surface area contributed by atoms with Crippen molar-refractivity contribution in [1.29, 1.82) is 0 Å². The Morgan fingerprint density at radius 2 is 1.59 bits per heavy atom. The first kappa shape index (κ1) is 34.4. The summed E-state index contributed by atoms with van der Waals surface area (Å²) in [5.41, 5.74) is 3.71. The Balaban J connectivity index is 1.34. The van der Waals surface area contributed by atoms with E-state index < -0.39 is 11.6 Å². The average molecular weight is 685 g/mol. The van der Waals surface area contributed by atoms with Crippen molar-refractivity contribution in [3.8, 4) is 5.75 Å². The lowest BCUT2D eigenvalue weighted by Gasteiger charge is -2.34. The second kappa shape index (κ2) is 14.2. The summed E-state index contributed by atoms with van der Waals surface area (Å²) in [5, 5.41) is 0. The van der Waals surface area contributed by atoms with Crippen LogP contribution in [0.2, 0.25) is 0 Å². The summed E-state index contributed by atoms with van der Waals surface area (Å²) in [6, 6.07) is 20.7. The van der Waals surface area contributed by atoms with Crippen molar-refractivity contribution in [1.82, 2.24) is 18.9 Å². The van der Waals surface area contributed by atoms with Crippen LogP contribution in [-0.4, -0.2) is 62.6 Å². The summed E-state index contributed by atoms with van der Waals surface area (Å²) in [6.45, 7) is 6.90. The molecular formula is C38H44N4O6S. The highest BCUT2D eigenvalue weighted by atomic mass is 32.2. The van der Waals surface area contributed by atoms with Crippen LogP contribution in [0.3, 0.4) is 0 Å². The zero-order valence-corrected chi connectivity index (χ0v) is 29.6. The number of imidazole rings is 1. The molecule has 2 aliphatic heterocycles. The lowest BCUT2D eigenvalue weighted by molar-refractivity contribution is -0.151. The lowest BCUT2D eigenvalue weighted by Crippen LogP contribution is -2.47. The minimum Gasteiger partial charge on any atom is -0.497 e. The second-order valence-electron chi connectivity index (χ2n) is 13.8. The third-order valence-electron chi connectivity index (χ3n) is 9.34. The average Bonchev–Trinajstić information content (AvgIpc) is 3.34. The second-order valence-corrected chi connectivity index (χ2v) is 14.8. The number of fused-ring (bicyclic) bond motifs is 1. The zero-order chi connectivity index (χ0) is 34.9. The molecule has 3 aromatic carbocycles. The highest BCUT2D eigenvalue weighted by Crippen LogP contribution is 2.41. The summed E-state index contributed by atoms with van der Waals surface area (Å²) in [4.78, 5) is 58.0. The topological polar surface area (TPSA) is 103 Å². The van der Waals surface area contributed by atoms with E-state index in [1.54, 1.807) is 52.1 Å². The molecule has 6 rings (SSSR count). The molecule has 3 amide bonds. The Hall–Kier alpha value is -4.51. The number of amides is 3. The smallest absolute Gasteiger partial charge is 0.410 e. The molecule has 2 aliphatic rings. The number of carbonyl (C=O) groups is 3. The summed E-state index contributed by atoms with van der Waals surface area (Å²) in [7, 11) is 3.35. The quantitative estimate of drug-likeness (QED) is 0.151. The van der Waals surface area contributed by atoms with E-state index in [1.807, 2.05) is 57.2 Å². The van der Waals surface area contributed by atoms with E-state index in [2.05, 4.69) is 18.2 Å². The molecule has 1 atom stereocenters. The van der Waals surface area contributed by atoms with Crippen molar-refractivity contribution in [3.63, 3.8) is 0 Å². The highest BCUT2D eigenvalue weighted by Gasteiger charge is 2.38. The van der Waals surface area contributed by atoms with Gasteiger partial charge in [-0.15, -0.1) is 11.8 Å². The van der Waals surface area contributed by atoms with Gasteiger partial charge in [-0.05, 0) is 80.8 Å². The van der Waals surface area contributed by atoms with Crippen molar-refractivity contribution in [2.45, 2.75) is 81.2 Å². The predicted octanol–water partition coefficient (Wildman–Crippen LogP) is 6.65. The van der Waals surface area contributed by atoms with Crippen LogP contribution in [0.5, 0.6) is 5.75 Å². The van der Waals surface area contributed by atoms with Gasteiger partial charge in [0.05, 0.1) is 24.7 Å². The highest BCUT2D eigenvalue weighted by molar-refractivity contribution is 7.98. The molecular weight excluding hydrogens is 641 g/mol. The number of carbonyl (C=O) groups excluding carboxylic acids is 3. The van der Waals surface area contributed by atoms with E-state index in [4.69, 9.17) is 9.47 Å². The summed E-state index contributed by atoms with van der Waals surface area (Å²) >= 11 is 1.69. The van der Waals surface area contributed by atoms with Gasteiger partial charge in [0.2, 0.25) is 5.91 Å². The number of hydrogen-bond donors (Lipinski definition) is 0. The molecule has 0 saturated carbocycles. The van der Waals surface area contributed by atoms with E-state index in [9.17, 15) is 19.2 Å². The van der Waals surface area contributed by atoms with Gasteiger partial charge in [-0.1, -0.05) is 48.5 Å². The predicted molar refractivity (Wildman–Crippen MR) is 190 cm³/mol. The number of methoxy groups -OCH3 is 1. The molecule has 258 valence electrons. The summed E-state index contributed by atoms with van der Waals surface area (Å²) in [5.74, 6) is 0.946. The Morgan fingerprint density at radius 1 is 0.898 bits per heavy atom. The third kappa shape index (κ3) is 7.27. The Kier molecular flexibility index (Phi) is 9.92. The van der Waals surface area contributed by atoms with Gasteiger partial charge in [-0.25, -0.2) is 9.59 Å². The molecule has 10 nitrogen and oxygen atoms in total. The maximum atomic E-state index is 14.1. The fourth-order valence-electron chi connectivity index (χ4n) is 6.80. The number of piperidine rings is 2.